The van der Waals surface area contributed by atoms with Gasteiger partial charge in [0.15, 0.2) is 6.04 Å². The van der Waals surface area contributed by atoms with E-state index >= 15 is 14.4 Å². The van der Waals surface area contributed by atoms with Crippen LogP contribution in [-0.2, 0) is 97.9 Å². The molecule has 0 bridgehead atoms. The van der Waals surface area contributed by atoms with E-state index in [1.54, 1.807) is 92.0 Å². The maximum Gasteiger partial charge on any atom is 0.328 e. The van der Waals surface area contributed by atoms with Gasteiger partial charge in [0.2, 0.25) is 47.3 Å². The quantitative estimate of drug-likeness (QED) is 0.00902. The number of aliphatic hydroxyl groups is 2. The SMILES string of the molecule is COON([C@H](Cc1ccc(NCC(=O)NC(Cc2ccccc2)C(=O)NC2CSSCC(C(=O)N[C@H](C(=O)O)[C@@H](C)O)NC(=O)[C@H]([C@@H](C)O)NC(=O)[C@H](CCCCN)NC(=O)[C@H](Cc3c[nH]c4ccccc34)NC(=O)[C@H](Cc3ccc(O)cc3)NC2=O)cc1)CN(CC(=O)O)CC(=O)O)[C@@H](C)CN(CC(=O)O)CC(=O)O. The molecule has 0 spiro atoms. The van der Waals surface area contributed by atoms with Gasteiger partial charge in [-0.3, -0.25) is 67.3 Å². The summed E-state index contributed by atoms with van der Waals surface area (Å²) in [7, 11) is 2.80. The van der Waals surface area contributed by atoms with Crippen molar-refractivity contribution in [3.8, 4) is 5.75 Å². The first-order valence-electron chi connectivity index (χ1n) is 35.3. The summed E-state index contributed by atoms with van der Waals surface area (Å²) in [5, 5.41) is 106. The lowest BCUT2D eigenvalue weighted by Crippen LogP contribution is -2.62. The van der Waals surface area contributed by atoms with Crippen molar-refractivity contribution in [2.45, 2.75) is 138 Å². The molecule has 1 aliphatic rings. The number of fused-ring (bicyclic) bond motifs is 1. The number of aromatic amines is 1. The largest absolute Gasteiger partial charge is 0.508 e. The number of hydroxylamine groups is 2. The number of anilines is 1. The lowest BCUT2D eigenvalue weighted by Gasteiger charge is -2.37. The number of carbonyl (C=O) groups is 13. The number of amides is 8. The van der Waals surface area contributed by atoms with Crippen LogP contribution in [0.4, 0.5) is 5.69 Å². The lowest BCUT2D eigenvalue weighted by molar-refractivity contribution is -0.434. The van der Waals surface area contributed by atoms with Crippen molar-refractivity contribution in [3.05, 3.63) is 132 Å². The zero-order chi connectivity index (χ0) is 81.4. The molecule has 37 nitrogen and oxygen atoms in total. The van der Waals surface area contributed by atoms with Gasteiger partial charge in [-0.2, -0.15) is 0 Å². The van der Waals surface area contributed by atoms with Gasteiger partial charge >= 0.3 is 29.8 Å². The highest BCUT2D eigenvalue weighted by molar-refractivity contribution is 8.76. The Labute approximate surface area is 645 Å². The number of phenols is 1. The second-order valence-electron chi connectivity index (χ2n) is 26.5. The number of nitrogens with one attached hydrogen (secondary N) is 10. The maximum atomic E-state index is 15.3. The van der Waals surface area contributed by atoms with Crippen molar-refractivity contribution < 1.29 is 113 Å². The fraction of sp³-hybridized carbons (Fsp3) is 0.458. The summed E-state index contributed by atoms with van der Waals surface area (Å²) in [5.41, 5.74) is 8.81. The number of phenolic OH excluding ortho intramolecular Hbond substituents is 1. The number of nitrogens with two attached hydrogens (primary N) is 1. The second-order valence-corrected chi connectivity index (χ2v) is 29.0. The number of hydrogen-bond donors (Lipinski definition) is 19. The van der Waals surface area contributed by atoms with E-state index in [9.17, 15) is 88.8 Å². The number of hydrogen-bond acceptors (Lipinski definition) is 25. The van der Waals surface area contributed by atoms with Crippen LogP contribution in [0.3, 0.4) is 0 Å². The van der Waals surface area contributed by atoms with Gasteiger partial charge in [-0.1, -0.05) is 94.4 Å². The Morgan fingerprint density at radius 3 is 1.77 bits per heavy atom. The zero-order valence-corrected chi connectivity index (χ0v) is 62.9. The molecule has 4 aromatic carbocycles. The van der Waals surface area contributed by atoms with Crippen LogP contribution < -0.4 is 53.6 Å². The highest BCUT2D eigenvalue weighted by atomic mass is 33.1. The van der Waals surface area contributed by atoms with Gasteiger partial charge in [0.25, 0.3) is 0 Å². The number of carboxylic acids is 5. The molecule has 6 rings (SSSR count). The Morgan fingerprint density at radius 1 is 0.613 bits per heavy atom. The van der Waals surface area contributed by atoms with Crippen LogP contribution in [0.1, 0.15) is 62.3 Å². The van der Waals surface area contributed by atoms with Crippen LogP contribution in [0, 0.1) is 0 Å². The molecule has 12 atom stereocenters. The van der Waals surface area contributed by atoms with E-state index in [1.807, 2.05) is 0 Å². The normalized spacial score (nSPS) is 19.3. The minimum Gasteiger partial charge on any atom is -0.508 e. The van der Waals surface area contributed by atoms with Crippen LogP contribution in [0.2, 0.25) is 0 Å². The minimum atomic E-state index is -1.92. The monoisotopic (exact) mass is 1590 g/mol. The van der Waals surface area contributed by atoms with Gasteiger partial charge in [0, 0.05) is 72.7 Å². The van der Waals surface area contributed by atoms with Crippen molar-refractivity contribution in [2.24, 2.45) is 5.73 Å². The summed E-state index contributed by atoms with van der Waals surface area (Å²) in [6, 6.07) is 12.3. The molecular weight excluding hydrogens is 1490 g/mol. The Bertz CT molecular complexity index is 3940. The first-order chi connectivity index (χ1) is 52.8. The van der Waals surface area contributed by atoms with Crippen LogP contribution in [0.15, 0.2) is 109 Å². The van der Waals surface area contributed by atoms with E-state index in [4.69, 9.17) is 15.6 Å². The smallest absolute Gasteiger partial charge is 0.328 e. The van der Waals surface area contributed by atoms with E-state index in [-0.39, 0.29) is 63.9 Å². The Balaban J connectivity index is 1.36. The zero-order valence-electron chi connectivity index (χ0n) is 61.3. The van der Waals surface area contributed by atoms with Crippen LogP contribution in [0.25, 0.3) is 10.9 Å². The predicted molar refractivity (Wildman–Crippen MR) is 403 cm³/mol. The van der Waals surface area contributed by atoms with E-state index in [2.05, 4.69) is 52.8 Å². The summed E-state index contributed by atoms with van der Waals surface area (Å²) in [6.45, 7) is 0.119. The molecule has 0 radical (unpaired) electrons. The van der Waals surface area contributed by atoms with Crippen LogP contribution in [-0.4, -0.2) is 281 Å². The second kappa shape index (κ2) is 45.0. The van der Waals surface area contributed by atoms with Crippen molar-refractivity contribution in [2.75, 3.05) is 76.3 Å². The van der Waals surface area contributed by atoms with Crippen molar-refractivity contribution in [3.63, 3.8) is 0 Å². The molecule has 8 amide bonds. The third-order valence-corrected chi connectivity index (χ3v) is 19.9. The number of rotatable bonds is 39. The average molecular weight is 1590 g/mol. The highest BCUT2D eigenvalue weighted by Gasteiger charge is 2.39. The van der Waals surface area contributed by atoms with E-state index in [1.165, 1.54) is 29.3 Å². The fourth-order valence-corrected chi connectivity index (χ4v) is 14.4. The van der Waals surface area contributed by atoms with Gasteiger partial charge in [0.1, 0.15) is 48.0 Å². The number of unbranched alkanes of at least 4 members (excludes halogenated alkanes) is 1. The molecular formula is C72H96N14O23S2. The lowest BCUT2D eigenvalue weighted by atomic mass is 10.0. The Kier molecular flexibility index (Phi) is 36.2. The van der Waals surface area contributed by atoms with Crippen molar-refractivity contribution in [1.82, 2.24) is 62.4 Å². The number of aliphatic carboxylic acids is 5. The molecule has 5 aromatic rings. The molecule has 0 saturated carbocycles. The number of aliphatic hydroxyl groups excluding tert-OH is 2. The Morgan fingerprint density at radius 2 is 1.17 bits per heavy atom. The van der Waals surface area contributed by atoms with Crippen molar-refractivity contribution in [1.29, 1.82) is 0 Å². The predicted octanol–water partition coefficient (Wildman–Crippen LogP) is -1.70. The minimum absolute atomic E-state index is 0.0216. The third-order valence-electron chi connectivity index (χ3n) is 17.4. The number of aromatic hydroxyl groups is 1. The highest BCUT2D eigenvalue weighted by Crippen LogP contribution is 2.26. The van der Waals surface area contributed by atoms with Gasteiger partial charge in [-0.25, -0.2) is 9.68 Å². The van der Waals surface area contributed by atoms with Gasteiger partial charge in [-0.15, -0.1) is 10.1 Å². The standard InChI is InChI=1S/C72H96N14O23S2/c1-40(32-84(34-59(91)92)35-60(93)94)86(109-108-4)48(33-85(36-61(95)96)37-62(97)98)26-44-17-21-47(22-18-44)74-31-58(90)76-53(27-43-12-6-5-7-13-43)66(100)80-56-38-110-111-39-57(70(104)83-64(42(3)88)72(106)107)81-71(105)63(41(2)87)82-65(99)52(16-10-11-25-73)77-68(102)55(29-46-30-75-51-15-9-8-14-50(46)51)79-67(101)54(78-69(56)103)28-45-19-23-49(89)24-20-45/h5-9,12-15,17-24,30,40-42,48,52-57,63-64,74-75,87-89H,10-11,16,25-29,31-39,73H2,1-4H3,(H,76,90)(H,77,102)(H,78,103)(H,79,101)(H,80,100)(H,81,105)(H,82,99)(H,83,104)(H,91,92)(H,93,94)(H,95,96)(H,97,98)(H,106,107)/t40-,41+,42+,48+,52-,53?,54-,55-,56?,57?,63-,64-/m0/s1. The summed E-state index contributed by atoms with van der Waals surface area (Å²) >= 11 is 0. The number of benzene rings is 4. The maximum absolute atomic E-state index is 15.3. The number of aromatic nitrogens is 1. The molecule has 111 heavy (non-hydrogen) atoms. The number of H-pyrrole nitrogens is 1. The first kappa shape index (κ1) is 89.4. The summed E-state index contributed by atoms with van der Waals surface area (Å²) < 4.78 is 0. The van der Waals surface area contributed by atoms with E-state index < -0.39 is 194 Å². The molecule has 2 heterocycles. The molecule has 20 N–H and O–H groups in total. The summed E-state index contributed by atoms with van der Waals surface area (Å²) in [6.07, 6.45) is -2.01. The van der Waals surface area contributed by atoms with Crippen molar-refractivity contribution >= 4 is 115 Å². The number of nitrogens with zero attached hydrogens (tertiary/aromatic N) is 3. The van der Waals surface area contributed by atoms with Crippen LogP contribution in [0.5, 0.6) is 5.75 Å². The van der Waals surface area contributed by atoms with E-state index in [0.29, 0.717) is 45.3 Å². The average Bonchev–Trinajstić information content (AvgIpc) is 1.69. The number of carboxylic acid groups (broad SMARTS) is 5. The molecule has 1 aromatic heterocycles. The number of carbonyl (C=O) groups excluding carboxylic acids is 8. The summed E-state index contributed by atoms with van der Waals surface area (Å²) in [5.74, 6) is -16.0. The topological polar surface area (TPSA) is 562 Å². The van der Waals surface area contributed by atoms with Gasteiger partial charge in [0.05, 0.1) is 58.1 Å². The van der Waals surface area contributed by atoms with E-state index in [0.717, 1.165) is 52.3 Å². The van der Waals surface area contributed by atoms with Gasteiger partial charge < -0.3 is 99.4 Å². The molecule has 39 heteroatoms. The number of para-hydroxylation sites is 1. The molecule has 1 aliphatic heterocycles. The molecule has 3 unspecified atom stereocenters. The third kappa shape index (κ3) is 30.0. The molecule has 604 valence electrons. The fourth-order valence-electron chi connectivity index (χ4n) is 12.0. The molecule has 1 saturated heterocycles. The van der Waals surface area contributed by atoms with Gasteiger partial charge in [-0.05, 0) is 106 Å². The molecule has 1 fully saturated rings. The molecule has 0 aliphatic carbocycles. The Hall–Kier alpha value is -10.5. The summed E-state index contributed by atoms with van der Waals surface area (Å²) in [4.78, 5) is 193. The first-order valence-corrected chi connectivity index (χ1v) is 37.8. The van der Waals surface area contributed by atoms with Crippen LogP contribution >= 0.6 is 21.6 Å².